The standard InChI is InChI=1S/C24H20N2O6S2/c1-30-19-8-5-14(11-20(19)31-2)23(27)16(12-15-6-9-21(32-3)33-15)22(24(28)29)13-4-7-17-18(10-13)26-34-25-17/h4-11H,12H2,1-3H3,(H,28,29). The maximum absolute atomic E-state index is 13.8. The fraction of sp³-hybridized carbons (Fsp3) is 0.167. The summed E-state index contributed by atoms with van der Waals surface area (Å²) in [6.45, 7) is 0. The van der Waals surface area contributed by atoms with Gasteiger partial charge in [0, 0.05) is 22.4 Å². The Balaban J connectivity index is 1.90. The van der Waals surface area contributed by atoms with E-state index in [-0.39, 0.29) is 23.1 Å². The van der Waals surface area contributed by atoms with E-state index in [1.54, 1.807) is 49.6 Å². The molecular weight excluding hydrogens is 476 g/mol. The maximum atomic E-state index is 13.8. The summed E-state index contributed by atoms with van der Waals surface area (Å²) in [7, 11) is 4.53. The molecule has 0 bridgehead atoms. The third-order valence-corrected chi connectivity index (χ3v) is 6.77. The molecule has 2 aromatic carbocycles. The third-order valence-electron chi connectivity index (χ3n) is 5.17. The van der Waals surface area contributed by atoms with Gasteiger partial charge in [0.1, 0.15) is 11.0 Å². The predicted molar refractivity (Wildman–Crippen MR) is 130 cm³/mol. The van der Waals surface area contributed by atoms with Crippen molar-refractivity contribution in [2.45, 2.75) is 6.42 Å². The number of ether oxygens (including phenoxy) is 3. The number of aromatic nitrogens is 2. The molecule has 0 aliphatic carbocycles. The molecular formula is C24H20N2O6S2. The smallest absolute Gasteiger partial charge is 0.336 e. The van der Waals surface area contributed by atoms with Crippen LogP contribution in [0.1, 0.15) is 20.8 Å². The highest BCUT2D eigenvalue weighted by Crippen LogP contribution is 2.34. The summed E-state index contributed by atoms with van der Waals surface area (Å²) >= 11 is 2.39. The van der Waals surface area contributed by atoms with Gasteiger partial charge in [-0.15, -0.1) is 11.3 Å². The van der Waals surface area contributed by atoms with Crippen molar-refractivity contribution < 1.29 is 28.9 Å². The SMILES string of the molecule is COc1ccc(CC(C(=O)c2ccc(OC)c(OC)c2)=C(C(=O)O)c2ccc3nsnc3c2)s1. The van der Waals surface area contributed by atoms with Crippen LogP contribution in [0.4, 0.5) is 0 Å². The number of nitrogens with zero attached hydrogens (tertiary/aromatic N) is 2. The maximum Gasteiger partial charge on any atom is 0.336 e. The molecule has 4 aromatic rings. The molecule has 0 radical (unpaired) electrons. The molecule has 4 rings (SSSR count). The number of hydrogen-bond acceptors (Lipinski definition) is 9. The normalized spacial score (nSPS) is 11.7. The number of carboxylic acids is 1. The van der Waals surface area contributed by atoms with Crippen LogP contribution >= 0.6 is 23.1 Å². The number of allylic oxidation sites excluding steroid dienone is 1. The molecule has 2 aromatic heterocycles. The van der Waals surface area contributed by atoms with Crippen molar-refractivity contribution in [1.29, 1.82) is 0 Å². The number of thiophene rings is 1. The molecule has 0 atom stereocenters. The fourth-order valence-corrected chi connectivity index (χ4v) is 4.88. The monoisotopic (exact) mass is 496 g/mol. The minimum absolute atomic E-state index is 0.0953. The molecule has 0 aliphatic rings. The highest BCUT2D eigenvalue weighted by molar-refractivity contribution is 7.13. The highest BCUT2D eigenvalue weighted by Gasteiger charge is 2.25. The van der Waals surface area contributed by atoms with E-state index >= 15 is 0 Å². The Hall–Kier alpha value is -3.76. The number of Topliss-reactive ketones (excluding diaryl/α,β-unsaturated/α-hetero) is 1. The van der Waals surface area contributed by atoms with Crippen LogP contribution in [0.15, 0.2) is 54.1 Å². The zero-order valence-electron chi connectivity index (χ0n) is 18.5. The van der Waals surface area contributed by atoms with E-state index in [0.29, 0.717) is 33.2 Å². The second-order valence-electron chi connectivity index (χ2n) is 7.13. The molecule has 0 spiro atoms. The molecule has 0 saturated carbocycles. The number of rotatable bonds is 9. The summed E-state index contributed by atoms with van der Waals surface area (Å²) in [6.07, 6.45) is 0.107. The van der Waals surface area contributed by atoms with Gasteiger partial charge in [0.25, 0.3) is 0 Å². The van der Waals surface area contributed by atoms with Crippen LogP contribution in [0.25, 0.3) is 16.6 Å². The summed E-state index contributed by atoms with van der Waals surface area (Å²) in [5.41, 5.74) is 1.92. The first-order valence-corrected chi connectivity index (χ1v) is 11.6. The average Bonchev–Trinajstić information content (AvgIpc) is 3.51. The van der Waals surface area contributed by atoms with Crippen molar-refractivity contribution >= 4 is 51.4 Å². The molecule has 34 heavy (non-hydrogen) atoms. The van der Waals surface area contributed by atoms with Gasteiger partial charge in [-0.2, -0.15) is 8.75 Å². The second kappa shape index (κ2) is 10.0. The number of aliphatic carboxylic acids is 1. The average molecular weight is 497 g/mol. The Morgan fingerprint density at radius 2 is 1.59 bits per heavy atom. The highest BCUT2D eigenvalue weighted by atomic mass is 32.1. The number of methoxy groups -OCH3 is 3. The van der Waals surface area contributed by atoms with Crippen LogP contribution in [0.2, 0.25) is 0 Å². The molecule has 1 N–H and O–H groups in total. The van der Waals surface area contributed by atoms with Gasteiger partial charge in [0.15, 0.2) is 22.3 Å². The minimum atomic E-state index is -1.21. The molecule has 174 valence electrons. The fourth-order valence-electron chi connectivity index (χ4n) is 3.54. The van der Waals surface area contributed by atoms with Gasteiger partial charge in [-0.3, -0.25) is 4.79 Å². The molecule has 10 heteroatoms. The van der Waals surface area contributed by atoms with Gasteiger partial charge in [0.05, 0.1) is 38.6 Å². The van der Waals surface area contributed by atoms with Gasteiger partial charge in [-0.1, -0.05) is 6.07 Å². The largest absolute Gasteiger partial charge is 0.493 e. The quantitative estimate of drug-likeness (QED) is 0.261. The first kappa shape index (κ1) is 23.4. The lowest BCUT2D eigenvalue weighted by atomic mass is 9.91. The van der Waals surface area contributed by atoms with Crippen molar-refractivity contribution in [1.82, 2.24) is 8.75 Å². The van der Waals surface area contributed by atoms with Crippen molar-refractivity contribution in [2.24, 2.45) is 0 Å². The number of hydrogen-bond donors (Lipinski definition) is 1. The van der Waals surface area contributed by atoms with Gasteiger partial charge in [-0.05, 0) is 48.0 Å². The van der Waals surface area contributed by atoms with E-state index in [4.69, 9.17) is 14.2 Å². The van der Waals surface area contributed by atoms with E-state index in [1.807, 2.05) is 6.07 Å². The van der Waals surface area contributed by atoms with E-state index in [1.165, 1.54) is 25.6 Å². The van der Waals surface area contributed by atoms with Crippen molar-refractivity contribution in [3.8, 4) is 16.6 Å². The molecule has 0 saturated heterocycles. The van der Waals surface area contributed by atoms with E-state index < -0.39 is 11.8 Å². The number of carbonyl (C=O) groups excluding carboxylic acids is 1. The number of ketones is 1. The molecule has 0 unspecified atom stereocenters. The lowest BCUT2D eigenvalue weighted by Crippen LogP contribution is -2.14. The van der Waals surface area contributed by atoms with Gasteiger partial charge in [-0.25, -0.2) is 4.79 Å². The van der Waals surface area contributed by atoms with Crippen molar-refractivity contribution in [2.75, 3.05) is 21.3 Å². The first-order valence-electron chi connectivity index (χ1n) is 10.0. The van der Waals surface area contributed by atoms with Crippen molar-refractivity contribution in [3.63, 3.8) is 0 Å². The topological polar surface area (TPSA) is 108 Å². The Morgan fingerprint density at radius 3 is 2.26 bits per heavy atom. The number of carbonyl (C=O) groups is 2. The van der Waals surface area contributed by atoms with Gasteiger partial charge in [0.2, 0.25) is 0 Å². The minimum Gasteiger partial charge on any atom is -0.493 e. The van der Waals surface area contributed by atoms with Gasteiger partial charge >= 0.3 is 5.97 Å². The lowest BCUT2D eigenvalue weighted by molar-refractivity contribution is -0.130. The number of fused-ring (bicyclic) bond motifs is 1. The third kappa shape index (κ3) is 4.63. The summed E-state index contributed by atoms with van der Waals surface area (Å²) in [5.74, 6) is -0.804. The van der Waals surface area contributed by atoms with Crippen LogP contribution in [0.3, 0.4) is 0 Å². The van der Waals surface area contributed by atoms with Crippen LogP contribution in [0, 0.1) is 0 Å². The Labute approximate surface area is 203 Å². The van der Waals surface area contributed by atoms with E-state index in [2.05, 4.69) is 8.75 Å². The summed E-state index contributed by atoms with van der Waals surface area (Å²) < 4.78 is 24.2. The van der Waals surface area contributed by atoms with Crippen molar-refractivity contribution in [3.05, 3.63) is 70.1 Å². The molecule has 0 amide bonds. The second-order valence-corrected chi connectivity index (χ2v) is 8.79. The predicted octanol–water partition coefficient (Wildman–Crippen LogP) is 4.74. The summed E-state index contributed by atoms with van der Waals surface area (Å²) in [4.78, 5) is 27.1. The molecule has 0 fully saturated rings. The lowest BCUT2D eigenvalue weighted by Gasteiger charge is -2.14. The molecule has 0 aliphatic heterocycles. The van der Waals surface area contributed by atoms with Crippen LogP contribution < -0.4 is 14.2 Å². The Morgan fingerprint density at radius 1 is 0.853 bits per heavy atom. The Bertz CT molecular complexity index is 1410. The molecule has 8 nitrogen and oxygen atoms in total. The number of benzene rings is 2. The first-order chi connectivity index (χ1) is 16.4. The molecule has 2 heterocycles. The zero-order valence-corrected chi connectivity index (χ0v) is 20.2. The number of carboxylic acid groups (broad SMARTS) is 1. The van der Waals surface area contributed by atoms with Gasteiger partial charge < -0.3 is 19.3 Å². The van der Waals surface area contributed by atoms with Crippen LogP contribution in [0.5, 0.6) is 16.6 Å². The van der Waals surface area contributed by atoms with E-state index in [9.17, 15) is 14.7 Å². The van der Waals surface area contributed by atoms with Crippen LogP contribution in [-0.2, 0) is 11.2 Å². The van der Waals surface area contributed by atoms with Crippen LogP contribution in [-0.4, -0.2) is 46.9 Å². The Kier molecular flexibility index (Phi) is 6.90. The summed E-state index contributed by atoms with van der Waals surface area (Å²) in [6, 6.07) is 13.3. The zero-order chi connectivity index (χ0) is 24.2. The summed E-state index contributed by atoms with van der Waals surface area (Å²) in [5, 5.41) is 10.9. The van der Waals surface area contributed by atoms with E-state index in [0.717, 1.165) is 16.6 Å².